The van der Waals surface area contributed by atoms with E-state index in [9.17, 15) is 0 Å². The average molecular weight is 213 g/mol. The second kappa shape index (κ2) is 3.81. The van der Waals surface area contributed by atoms with Crippen molar-refractivity contribution in [2.75, 3.05) is 11.9 Å². The molecule has 0 bridgehead atoms. The Bertz CT molecular complexity index is 487. The fourth-order valence-electron chi connectivity index (χ4n) is 1.81. The molecule has 0 fully saturated rings. The zero-order valence-corrected chi connectivity index (χ0v) is 8.63. The standard InChI is InChI=1S/C12H11N3O/c1-2-5-11-9(4-1)10(8-16-11)15-12-13-6-3-7-14-12/h1-7,10H,8H2,(H,13,14,15). The molecule has 4 heteroatoms. The number of ether oxygens (including phenoxy) is 1. The van der Waals surface area contributed by atoms with Gasteiger partial charge in [0.15, 0.2) is 0 Å². The van der Waals surface area contributed by atoms with E-state index in [1.54, 1.807) is 18.5 Å². The number of hydrogen-bond acceptors (Lipinski definition) is 4. The average Bonchev–Trinajstić information content (AvgIpc) is 2.74. The van der Waals surface area contributed by atoms with Gasteiger partial charge in [0.25, 0.3) is 0 Å². The maximum atomic E-state index is 5.57. The van der Waals surface area contributed by atoms with Crippen LogP contribution in [0, 0.1) is 0 Å². The van der Waals surface area contributed by atoms with Crippen LogP contribution in [0.5, 0.6) is 5.75 Å². The Morgan fingerprint density at radius 2 is 1.94 bits per heavy atom. The smallest absolute Gasteiger partial charge is 0.223 e. The van der Waals surface area contributed by atoms with Crippen LogP contribution in [0.1, 0.15) is 11.6 Å². The Labute approximate surface area is 93.3 Å². The molecule has 1 N–H and O–H groups in total. The van der Waals surface area contributed by atoms with Gasteiger partial charge in [-0.2, -0.15) is 0 Å². The van der Waals surface area contributed by atoms with E-state index in [0.717, 1.165) is 11.3 Å². The highest BCUT2D eigenvalue weighted by molar-refractivity contribution is 5.43. The van der Waals surface area contributed by atoms with Crippen LogP contribution in [-0.4, -0.2) is 16.6 Å². The van der Waals surface area contributed by atoms with Crippen molar-refractivity contribution in [2.24, 2.45) is 0 Å². The van der Waals surface area contributed by atoms with Crippen LogP contribution in [-0.2, 0) is 0 Å². The SMILES string of the molecule is c1cnc(NC2COc3ccccc32)nc1. The van der Waals surface area contributed by atoms with Gasteiger partial charge in [-0.05, 0) is 12.1 Å². The van der Waals surface area contributed by atoms with E-state index in [1.165, 1.54) is 0 Å². The molecule has 0 spiro atoms. The molecule has 1 aliphatic rings. The molecule has 1 aromatic heterocycles. The Balaban J connectivity index is 1.84. The van der Waals surface area contributed by atoms with E-state index in [4.69, 9.17) is 4.74 Å². The van der Waals surface area contributed by atoms with Crippen molar-refractivity contribution in [1.82, 2.24) is 9.97 Å². The van der Waals surface area contributed by atoms with Crippen LogP contribution in [0.3, 0.4) is 0 Å². The van der Waals surface area contributed by atoms with Crippen LogP contribution >= 0.6 is 0 Å². The number of hydrogen-bond donors (Lipinski definition) is 1. The molecular formula is C12H11N3O. The lowest BCUT2D eigenvalue weighted by Crippen LogP contribution is -2.13. The molecule has 2 heterocycles. The van der Waals surface area contributed by atoms with Gasteiger partial charge >= 0.3 is 0 Å². The van der Waals surface area contributed by atoms with E-state index < -0.39 is 0 Å². The van der Waals surface area contributed by atoms with Crippen molar-refractivity contribution < 1.29 is 4.74 Å². The fourth-order valence-corrected chi connectivity index (χ4v) is 1.81. The largest absolute Gasteiger partial charge is 0.491 e. The Morgan fingerprint density at radius 1 is 1.12 bits per heavy atom. The molecule has 0 saturated heterocycles. The molecule has 1 unspecified atom stereocenters. The highest BCUT2D eigenvalue weighted by atomic mass is 16.5. The lowest BCUT2D eigenvalue weighted by atomic mass is 10.1. The molecule has 80 valence electrons. The summed E-state index contributed by atoms with van der Waals surface area (Å²) >= 11 is 0. The molecule has 2 aromatic rings. The first kappa shape index (κ1) is 9.15. The molecule has 3 rings (SSSR count). The van der Waals surface area contributed by atoms with Gasteiger partial charge in [0.05, 0.1) is 6.04 Å². The zero-order chi connectivity index (χ0) is 10.8. The third-order valence-corrected chi connectivity index (χ3v) is 2.57. The number of aromatic nitrogens is 2. The number of para-hydroxylation sites is 1. The molecule has 16 heavy (non-hydrogen) atoms. The molecule has 0 saturated carbocycles. The summed E-state index contributed by atoms with van der Waals surface area (Å²) < 4.78 is 5.57. The maximum absolute atomic E-state index is 5.57. The quantitative estimate of drug-likeness (QED) is 0.829. The Kier molecular flexibility index (Phi) is 2.18. The van der Waals surface area contributed by atoms with Crippen LogP contribution in [0.15, 0.2) is 42.7 Å². The van der Waals surface area contributed by atoms with Crippen molar-refractivity contribution in [3.8, 4) is 5.75 Å². The Morgan fingerprint density at radius 3 is 2.81 bits per heavy atom. The molecule has 0 amide bonds. The van der Waals surface area contributed by atoms with Gasteiger partial charge in [-0.3, -0.25) is 0 Å². The normalized spacial score (nSPS) is 17.6. The van der Waals surface area contributed by atoms with Crippen LogP contribution in [0.4, 0.5) is 5.95 Å². The van der Waals surface area contributed by atoms with Crippen LogP contribution < -0.4 is 10.1 Å². The number of rotatable bonds is 2. The van der Waals surface area contributed by atoms with Crippen molar-refractivity contribution in [3.05, 3.63) is 48.3 Å². The van der Waals surface area contributed by atoms with Crippen LogP contribution in [0.2, 0.25) is 0 Å². The van der Waals surface area contributed by atoms with Gasteiger partial charge in [0.1, 0.15) is 12.4 Å². The van der Waals surface area contributed by atoms with E-state index in [-0.39, 0.29) is 6.04 Å². The number of benzene rings is 1. The second-order valence-corrected chi connectivity index (χ2v) is 3.62. The van der Waals surface area contributed by atoms with Crippen molar-refractivity contribution in [3.63, 3.8) is 0 Å². The van der Waals surface area contributed by atoms with Gasteiger partial charge in [0, 0.05) is 18.0 Å². The van der Waals surface area contributed by atoms with Crippen LogP contribution in [0.25, 0.3) is 0 Å². The first-order valence-electron chi connectivity index (χ1n) is 5.19. The summed E-state index contributed by atoms with van der Waals surface area (Å²) in [5.41, 5.74) is 1.16. The summed E-state index contributed by atoms with van der Waals surface area (Å²) in [6.45, 7) is 0.623. The number of anilines is 1. The molecular weight excluding hydrogens is 202 g/mol. The molecule has 1 aromatic carbocycles. The van der Waals surface area contributed by atoms with Gasteiger partial charge in [-0.15, -0.1) is 0 Å². The van der Waals surface area contributed by atoms with Crippen molar-refractivity contribution in [1.29, 1.82) is 0 Å². The predicted molar refractivity (Wildman–Crippen MR) is 60.3 cm³/mol. The Hall–Kier alpha value is -2.10. The highest BCUT2D eigenvalue weighted by Gasteiger charge is 2.23. The summed E-state index contributed by atoms with van der Waals surface area (Å²) in [7, 11) is 0. The van der Waals surface area contributed by atoms with E-state index in [1.807, 2.05) is 18.2 Å². The van der Waals surface area contributed by atoms with E-state index in [2.05, 4.69) is 21.4 Å². The van der Waals surface area contributed by atoms with E-state index in [0.29, 0.717) is 12.6 Å². The third-order valence-electron chi connectivity index (χ3n) is 2.57. The topological polar surface area (TPSA) is 47.0 Å². The second-order valence-electron chi connectivity index (χ2n) is 3.62. The van der Waals surface area contributed by atoms with Gasteiger partial charge < -0.3 is 10.1 Å². The molecule has 0 radical (unpaired) electrons. The zero-order valence-electron chi connectivity index (χ0n) is 8.63. The van der Waals surface area contributed by atoms with E-state index >= 15 is 0 Å². The summed E-state index contributed by atoms with van der Waals surface area (Å²) in [5, 5.41) is 3.25. The maximum Gasteiger partial charge on any atom is 0.223 e. The number of nitrogens with one attached hydrogen (secondary N) is 1. The minimum Gasteiger partial charge on any atom is -0.491 e. The van der Waals surface area contributed by atoms with Gasteiger partial charge in [-0.1, -0.05) is 18.2 Å². The van der Waals surface area contributed by atoms with Crippen molar-refractivity contribution in [2.45, 2.75) is 6.04 Å². The molecule has 4 nitrogen and oxygen atoms in total. The summed E-state index contributed by atoms with van der Waals surface area (Å²) in [4.78, 5) is 8.27. The monoisotopic (exact) mass is 213 g/mol. The number of fused-ring (bicyclic) bond motifs is 1. The fraction of sp³-hybridized carbons (Fsp3) is 0.167. The van der Waals surface area contributed by atoms with Gasteiger partial charge in [0.2, 0.25) is 5.95 Å². The highest BCUT2D eigenvalue weighted by Crippen LogP contribution is 2.33. The first-order chi connectivity index (χ1) is 7.93. The number of nitrogens with zero attached hydrogens (tertiary/aromatic N) is 2. The molecule has 1 aliphatic heterocycles. The first-order valence-corrected chi connectivity index (χ1v) is 5.19. The van der Waals surface area contributed by atoms with Crippen molar-refractivity contribution >= 4 is 5.95 Å². The lowest BCUT2D eigenvalue weighted by Gasteiger charge is -2.10. The minimum atomic E-state index is 0.138. The molecule has 1 atom stereocenters. The lowest BCUT2D eigenvalue weighted by molar-refractivity contribution is 0.339. The third kappa shape index (κ3) is 1.58. The summed E-state index contributed by atoms with van der Waals surface area (Å²) in [6.07, 6.45) is 3.44. The predicted octanol–water partition coefficient (Wildman–Crippen LogP) is 2.02. The minimum absolute atomic E-state index is 0.138. The van der Waals surface area contributed by atoms with Gasteiger partial charge in [-0.25, -0.2) is 9.97 Å². The summed E-state index contributed by atoms with van der Waals surface area (Å²) in [6, 6.07) is 9.95. The molecule has 0 aliphatic carbocycles. The summed E-state index contributed by atoms with van der Waals surface area (Å²) in [5.74, 6) is 1.57.